The Morgan fingerprint density at radius 2 is 1.47 bits per heavy atom. The summed E-state index contributed by atoms with van der Waals surface area (Å²) in [5.41, 5.74) is 6.62. The Labute approximate surface area is 203 Å². The average molecular weight is 458 g/mol. The third-order valence-electron chi connectivity index (χ3n) is 6.26. The van der Waals surface area contributed by atoms with E-state index in [0.29, 0.717) is 6.61 Å². The predicted molar refractivity (Wildman–Crippen MR) is 139 cm³/mol. The smallest absolute Gasteiger partial charge is 0.161 e. The summed E-state index contributed by atoms with van der Waals surface area (Å²) in [4.78, 5) is 0. The molecule has 0 radical (unpaired) electrons. The highest BCUT2D eigenvalue weighted by Gasteiger charge is 2.16. The van der Waals surface area contributed by atoms with Crippen molar-refractivity contribution in [1.82, 2.24) is 5.32 Å². The second-order valence-corrected chi connectivity index (χ2v) is 8.76. The van der Waals surface area contributed by atoms with Gasteiger partial charge in [-0.2, -0.15) is 0 Å². The van der Waals surface area contributed by atoms with Crippen LogP contribution in [0.2, 0.25) is 0 Å². The van der Waals surface area contributed by atoms with Gasteiger partial charge >= 0.3 is 0 Å². The molecule has 0 saturated carbocycles. The molecule has 1 aliphatic carbocycles. The Bertz CT molecular complexity index is 1070. The molecule has 0 heterocycles. The van der Waals surface area contributed by atoms with E-state index in [9.17, 15) is 0 Å². The van der Waals surface area contributed by atoms with Crippen molar-refractivity contribution in [3.8, 4) is 17.2 Å². The molecule has 3 aromatic rings. The molecule has 0 amide bonds. The van der Waals surface area contributed by atoms with Crippen LogP contribution in [0.4, 0.5) is 0 Å². The number of fused-ring (bicyclic) bond motifs is 1. The second-order valence-electron chi connectivity index (χ2n) is 8.76. The number of allylic oxidation sites excluding steroid dienone is 1. The molecule has 0 atom stereocenters. The zero-order valence-corrected chi connectivity index (χ0v) is 20.3. The van der Waals surface area contributed by atoms with Crippen LogP contribution in [0.1, 0.15) is 41.5 Å². The largest absolute Gasteiger partial charge is 0.493 e. The van der Waals surface area contributed by atoms with Crippen molar-refractivity contribution >= 4 is 6.08 Å². The summed E-state index contributed by atoms with van der Waals surface area (Å²) in [6.07, 6.45) is 7.82. The quantitative estimate of drug-likeness (QED) is 0.309. The van der Waals surface area contributed by atoms with E-state index in [2.05, 4.69) is 59.9 Å². The SMILES string of the molecule is COc1cc2c(cc1OC)CC(CCCNCCCc1ccc(OCc3ccccc3)cc1)=C2. The van der Waals surface area contributed by atoms with E-state index >= 15 is 0 Å². The number of benzene rings is 3. The molecule has 0 saturated heterocycles. The lowest BCUT2D eigenvalue weighted by Crippen LogP contribution is -2.17. The fourth-order valence-electron chi connectivity index (χ4n) is 4.38. The van der Waals surface area contributed by atoms with E-state index in [4.69, 9.17) is 14.2 Å². The minimum atomic E-state index is 0.607. The van der Waals surface area contributed by atoms with Crippen molar-refractivity contribution in [3.63, 3.8) is 0 Å². The molecular formula is C30H35NO3. The van der Waals surface area contributed by atoms with Crippen LogP contribution in [-0.4, -0.2) is 27.3 Å². The van der Waals surface area contributed by atoms with Crippen LogP contribution in [-0.2, 0) is 19.4 Å². The van der Waals surface area contributed by atoms with E-state index < -0.39 is 0 Å². The monoisotopic (exact) mass is 457 g/mol. The van der Waals surface area contributed by atoms with Crippen molar-refractivity contribution < 1.29 is 14.2 Å². The molecule has 0 spiro atoms. The van der Waals surface area contributed by atoms with Crippen molar-refractivity contribution in [2.24, 2.45) is 0 Å². The molecule has 0 aromatic heterocycles. The van der Waals surface area contributed by atoms with Crippen LogP contribution in [0.15, 0.2) is 72.3 Å². The summed E-state index contributed by atoms with van der Waals surface area (Å²) < 4.78 is 16.7. The van der Waals surface area contributed by atoms with E-state index in [1.54, 1.807) is 14.2 Å². The predicted octanol–water partition coefficient (Wildman–Crippen LogP) is 6.22. The first-order valence-corrected chi connectivity index (χ1v) is 12.2. The number of rotatable bonds is 13. The third-order valence-corrected chi connectivity index (χ3v) is 6.26. The Morgan fingerprint density at radius 3 is 2.21 bits per heavy atom. The van der Waals surface area contributed by atoms with Crippen LogP contribution >= 0.6 is 0 Å². The van der Waals surface area contributed by atoms with Crippen molar-refractivity contribution in [2.45, 2.75) is 38.7 Å². The van der Waals surface area contributed by atoms with E-state index in [1.807, 2.05) is 18.2 Å². The summed E-state index contributed by atoms with van der Waals surface area (Å²) in [6, 6.07) is 23.0. The lowest BCUT2D eigenvalue weighted by Gasteiger charge is -2.09. The zero-order chi connectivity index (χ0) is 23.6. The number of aryl methyl sites for hydroxylation is 1. The fourth-order valence-corrected chi connectivity index (χ4v) is 4.38. The van der Waals surface area contributed by atoms with Gasteiger partial charge in [0.2, 0.25) is 0 Å². The van der Waals surface area contributed by atoms with Gasteiger partial charge in [0.25, 0.3) is 0 Å². The van der Waals surface area contributed by atoms with Crippen LogP contribution in [0.5, 0.6) is 17.2 Å². The van der Waals surface area contributed by atoms with E-state index in [1.165, 1.54) is 27.8 Å². The lowest BCUT2D eigenvalue weighted by molar-refractivity contribution is 0.306. The van der Waals surface area contributed by atoms with Crippen LogP contribution in [0, 0.1) is 0 Å². The Balaban J connectivity index is 1.09. The molecule has 0 aliphatic heterocycles. The minimum absolute atomic E-state index is 0.607. The molecule has 1 N–H and O–H groups in total. The molecule has 34 heavy (non-hydrogen) atoms. The van der Waals surface area contributed by atoms with Crippen LogP contribution < -0.4 is 19.5 Å². The standard InChI is InChI=1S/C30H35NO3/c1-32-29-20-26-18-25(19-27(26)21-30(29)33-2)11-7-17-31-16-6-10-23-12-14-28(15-13-23)34-22-24-8-4-3-5-9-24/h3-5,8-9,12-15,18,20-21,31H,6-7,10-11,16-17,19,22H2,1-2H3. The topological polar surface area (TPSA) is 39.7 Å². The normalized spacial score (nSPS) is 12.2. The molecule has 0 unspecified atom stereocenters. The molecule has 4 heteroatoms. The Hall–Kier alpha value is -3.24. The summed E-state index contributed by atoms with van der Waals surface area (Å²) in [6.45, 7) is 2.70. The zero-order valence-electron chi connectivity index (χ0n) is 20.3. The lowest BCUT2D eigenvalue weighted by atomic mass is 10.1. The molecule has 1 aliphatic rings. The molecule has 0 bridgehead atoms. The highest BCUT2D eigenvalue weighted by atomic mass is 16.5. The maximum absolute atomic E-state index is 5.87. The van der Waals surface area contributed by atoms with Crippen molar-refractivity contribution in [2.75, 3.05) is 27.3 Å². The maximum atomic E-state index is 5.87. The molecule has 3 aromatic carbocycles. The number of hydrogen-bond donors (Lipinski definition) is 1. The van der Waals surface area contributed by atoms with Gasteiger partial charge in [0.05, 0.1) is 14.2 Å². The first kappa shape index (κ1) is 23.9. The van der Waals surface area contributed by atoms with Gasteiger partial charge in [-0.1, -0.05) is 54.1 Å². The molecular weight excluding hydrogens is 422 g/mol. The van der Waals surface area contributed by atoms with Gasteiger partial charge < -0.3 is 19.5 Å². The molecule has 178 valence electrons. The van der Waals surface area contributed by atoms with Crippen LogP contribution in [0.25, 0.3) is 6.08 Å². The molecule has 0 fully saturated rings. The van der Waals surface area contributed by atoms with Crippen LogP contribution in [0.3, 0.4) is 0 Å². The highest BCUT2D eigenvalue weighted by molar-refractivity contribution is 5.67. The van der Waals surface area contributed by atoms with Gasteiger partial charge in [-0.25, -0.2) is 0 Å². The van der Waals surface area contributed by atoms with Gasteiger partial charge in [-0.3, -0.25) is 0 Å². The van der Waals surface area contributed by atoms with Gasteiger partial charge in [0.1, 0.15) is 12.4 Å². The van der Waals surface area contributed by atoms with E-state index in [0.717, 1.165) is 62.4 Å². The van der Waals surface area contributed by atoms with E-state index in [-0.39, 0.29) is 0 Å². The minimum Gasteiger partial charge on any atom is -0.493 e. The molecule has 4 rings (SSSR count). The maximum Gasteiger partial charge on any atom is 0.161 e. The summed E-state index contributed by atoms with van der Waals surface area (Å²) in [5, 5.41) is 3.60. The second kappa shape index (κ2) is 12.3. The Kier molecular flexibility index (Phi) is 8.64. The summed E-state index contributed by atoms with van der Waals surface area (Å²) in [7, 11) is 3.38. The average Bonchev–Trinajstić information content (AvgIpc) is 3.28. The fraction of sp³-hybridized carbons (Fsp3) is 0.333. The third kappa shape index (κ3) is 6.64. The van der Waals surface area contributed by atoms with Crippen molar-refractivity contribution in [3.05, 3.63) is 94.6 Å². The first-order valence-electron chi connectivity index (χ1n) is 12.2. The first-order chi connectivity index (χ1) is 16.7. The highest BCUT2D eigenvalue weighted by Crippen LogP contribution is 2.36. The van der Waals surface area contributed by atoms with Gasteiger partial charge in [-0.15, -0.1) is 0 Å². The van der Waals surface area contributed by atoms with Crippen molar-refractivity contribution in [1.29, 1.82) is 0 Å². The van der Waals surface area contributed by atoms with Gasteiger partial charge in [0.15, 0.2) is 11.5 Å². The van der Waals surface area contributed by atoms with Gasteiger partial charge in [-0.05, 0) is 91.7 Å². The summed E-state index contributed by atoms with van der Waals surface area (Å²) in [5.74, 6) is 2.53. The number of hydrogen-bond acceptors (Lipinski definition) is 4. The number of methoxy groups -OCH3 is 2. The van der Waals surface area contributed by atoms with Gasteiger partial charge in [0, 0.05) is 0 Å². The number of ether oxygens (including phenoxy) is 3. The Morgan fingerprint density at radius 1 is 0.765 bits per heavy atom. The number of nitrogens with one attached hydrogen (secondary N) is 1. The summed E-state index contributed by atoms with van der Waals surface area (Å²) >= 11 is 0. The molecule has 4 nitrogen and oxygen atoms in total.